The molecule has 184 valence electrons. The van der Waals surface area contributed by atoms with Crippen molar-refractivity contribution >= 4 is 42.3 Å². The predicted molar refractivity (Wildman–Crippen MR) is 119 cm³/mol. The molecular formula is C19H30N6O7S. The second-order valence-corrected chi connectivity index (χ2v) is 7.86. The van der Waals surface area contributed by atoms with Crippen molar-refractivity contribution in [3.63, 3.8) is 0 Å². The highest BCUT2D eigenvalue weighted by Gasteiger charge is 2.32. The van der Waals surface area contributed by atoms with Gasteiger partial charge in [0.1, 0.15) is 18.1 Å². The molecule has 0 aliphatic rings. The number of hydrogen-bond acceptors (Lipinski definition) is 8. The molecule has 0 aliphatic carbocycles. The molecule has 0 saturated heterocycles. The molecule has 14 heteroatoms. The average Bonchev–Trinajstić information content (AvgIpc) is 3.27. The Morgan fingerprint density at radius 2 is 1.64 bits per heavy atom. The quantitative estimate of drug-likeness (QED) is 0.140. The lowest BCUT2D eigenvalue weighted by atomic mass is 9.98. The number of aromatic nitrogens is 2. The number of nitrogens with zero attached hydrogens (tertiary/aromatic N) is 1. The van der Waals surface area contributed by atoms with Gasteiger partial charge in [-0.2, -0.15) is 12.6 Å². The minimum Gasteiger partial charge on any atom is -0.481 e. The van der Waals surface area contributed by atoms with E-state index in [0.717, 1.165) is 0 Å². The second kappa shape index (κ2) is 13.4. The molecule has 0 radical (unpaired) electrons. The van der Waals surface area contributed by atoms with Crippen molar-refractivity contribution in [2.45, 2.75) is 57.3 Å². The number of thiol groups is 1. The summed E-state index contributed by atoms with van der Waals surface area (Å²) in [6.07, 6.45) is 2.59. The van der Waals surface area contributed by atoms with Crippen LogP contribution < -0.4 is 21.7 Å². The number of rotatable bonds is 14. The van der Waals surface area contributed by atoms with Gasteiger partial charge in [-0.1, -0.05) is 20.3 Å². The lowest BCUT2D eigenvalue weighted by molar-refractivity contribution is -0.143. The maximum absolute atomic E-state index is 12.9. The minimum absolute atomic E-state index is 0.0411. The number of aliphatic carboxylic acids is 2. The molecule has 1 heterocycles. The number of aromatic amines is 1. The SMILES string of the molecule is CCC(C)C(N)C(=O)NC(Cc1cnc[nH]1)C(=O)NC(CC(=O)O)C(=O)NC(CS)C(=O)O. The van der Waals surface area contributed by atoms with Crippen LogP contribution >= 0.6 is 12.6 Å². The van der Waals surface area contributed by atoms with Crippen molar-refractivity contribution in [3.8, 4) is 0 Å². The van der Waals surface area contributed by atoms with Gasteiger partial charge in [0.15, 0.2) is 0 Å². The van der Waals surface area contributed by atoms with Crippen LogP contribution in [0.3, 0.4) is 0 Å². The molecule has 0 fully saturated rings. The molecule has 0 saturated carbocycles. The number of nitrogens with two attached hydrogens (primary N) is 1. The number of carbonyl (C=O) groups is 5. The Balaban J connectivity index is 3.05. The Bertz CT molecular complexity index is 835. The first-order valence-corrected chi connectivity index (χ1v) is 10.8. The molecule has 0 bridgehead atoms. The normalized spacial score (nSPS) is 15.4. The number of H-pyrrole nitrogens is 1. The average molecular weight is 487 g/mol. The van der Waals surface area contributed by atoms with E-state index in [1.165, 1.54) is 12.5 Å². The van der Waals surface area contributed by atoms with Gasteiger partial charge < -0.3 is 36.9 Å². The molecule has 5 unspecified atom stereocenters. The number of amides is 3. The van der Waals surface area contributed by atoms with Crippen LogP contribution in [0.25, 0.3) is 0 Å². The summed E-state index contributed by atoms with van der Waals surface area (Å²) in [5.74, 6) is -5.65. The molecule has 1 aromatic rings. The van der Waals surface area contributed by atoms with Crippen molar-refractivity contribution < 1.29 is 34.2 Å². The Morgan fingerprint density at radius 1 is 1.06 bits per heavy atom. The standard InChI is InChI=1S/C19H30N6O7S/c1-3-9(2)15(20)18(30)24-11(4-10-6-21-8-22-10)16(28)23-12(5-14(26)27)17(29)25-13(7-33)19(31)32/h6,8-9,11-13,15,33H,3-5,7,20H2,1-2H3,(H,21,22)(H,23,28)(H,24,30)(H,25,29)(H,26,27)(H,31,32). The van der Waals surface area contributed by atoms with Crippen molar-refractivity contribution in [2.24, 2.45) is 11.7 Å². The number of hydrogen-bond donors (Lipinski definition) is 8. The molecular weight excluding hydrogens is 456 g/mol. The second-order valence-electron chi connectivity index (χ2n) is 7.49. The highest BCUT2D eigenvalue weighted by Crippen LogP contribution is 2.07. The van der Waals surface area contributed by atoms with Gasteiger partial charge >= 0.3 is 11.9 Å². The van der Waals surface area contributed by atoms with E-state index in [9.17, 15) is 24.0 Å². The van der Waals surface area contributed by atoms with Crippen LogP contribution in [0.2, 0.25) is 0 Å². The van der Waals surface area contributed by atoms with E-state index in [1.54, 1.807) is 6.92 Å². The third-order valence-electron chi connectivity index (χ3n) is 4.98. The van der Waals surface area contributed by atoms with Crippen LogP contribution in [0, 0.1) is 5.92 Å². The zero-order chi connectivity index (χ0) is 25.1. The summed E-state index contributed by atoms with van der Waals surface area (Å²) in [4.78, 5) is 67.0. The summed E-state index contributed by atoms with van der Waals surface area (Å²) in [6.45, 7) is 3.64. The smallest absolute Gasteiger partial charge is 0.327 e. The molecule has 0 spiro atoms. The first-order chi connectivity index (χ1) is 15.5. The van der Waals surface area contributed by atoms with Crippen LogP contribution in [-0.2, 0) is 30.4 Å². The molecule has 8 N–H and O–H groups in total. The molecule has 0 aromatic carbocycles. The topological polar surface area (TPSA) is 217 Å². The maximum Gasteiger partial charge on any atom is 0.327 e. The fourth-order valence-corrected chi connectivity index (χ4v) is 2.97. The van der Waals surface area contributed by atoms with Crippen LogP contribution in [0.15, 0.2) is 12.5 Å². The summed E-state index contributed by atoms with van der Waals surface area (Å²) >= 11 is 3.83. The van der Waals surface area contributed by atoms with Gasteiger partial charge in [0.25, 0.3) is 0 Å². The maximum atomic E-state index is 12.9. The van der Waals surface area contributed by atoms with Gasteiger partial charge in [-0.3, -0.25) is 19.2 Å². The van der Waals surface area contributed by atoms with Gasteiger partial charge in [0.05, 0.1) is 18.8 Å². The van der Waals surface area contributed by atoms with E-state index in [0.29, 0.717) is 12.1 Å². The zero-order valence-electron chi connectivity index (χ0n) is 18.3. The Morgan fingerprint density at radius 3 is 2.12 bits per heavy atom. The fraction of sp³-hybridized carbons (Fsp3) is 0.579. The van der Waals surface area contributed by atoms with Gasteiger partial charge in [-0.25, -0.2) is 9.78 Å². The van der Waals surface area contributed by atoms with Crippen molar-refractivity contribution in [1.29, 1.82) is 0 Å². The summed E-state index contributed by atoms with van der Waals surface area (Å²) in [7, 11) is 0. The number of nitrogens with one attached hydrogen (secondary N) is 4. The molecule has 13 nitrogen and oxygen atoms in total. The largest absolute Gasteiger partial charge is 0.481 e. The summed E-state index contributed by atoms with van der Waals surface area (Å²) in [5, 5.41) is 25.1. The monoisotopic (exact) mass is 486 g/mol. The van der Waals surface area contributed by atoms with Crippen LogP contribution in [0.5, 0.6) is 0 Å². The van der Waals surface area contributed by atoms with Gasteiger partial charge in [-0.05, 0) is 5.92 Å². The van der Waals surface area contributed by atoms with E-state index >= 15 is 0 Å². The van der Waals surface area contributed by atoms with Crippen LogP contribution in [0.1, 0.15) is 32.4 Å². The third-order valence-corrected chi connectivity index (χ3v) is 5.35. The minimum atomic E-state index is -1.60. The van der Waals surface area contributed by atoms with E-state index in [2.05, 4.69) is 38.5 Å². The lowest BCUT2D eigenvalue weighted by Crippen LogP contribution is -2.58. The van der Waals surface area contributed by atoms with Gasteiger partial charge in [0.2, 0.25) is 17.7 Å². The highest BCUT2D eigenvalue weighted by molar-refractivity contribution is 7.80. The third kappa shape index (κ3) is 9.10. The van der Waals surface area contributed by atoms with Crippen molar-refractivity contribution in [3.05, 3.63) is 18.2 Å². The van der Waals surface area contributed by atoms with E-state index in [1.807, 2.05) is 6.92 Å². The first kappa shape index (κ1) is 27.9. The Hall–Kier alpha value is -3.13. The van der Waals surface area contributed by atoms with Gasteiger partial charge in [-0.15, -0.1) is 0 Å². The number of carboxylic acids is 2. The Labute approximate surface area is 195 Å². The van der Waals surface area contributed by atoms with Crippen LogP contribution in [-0.4, -0.2) is 79.8 Å². The summed E-state index contributed by atoms with van der Waals surface area (Å²) in [6, 6.07) is -5.08. The zero-order valence-corrected chi connectivity index (χ0v) is 19.2. The first-order valence-electron chi connectivity index (χ1n) is 10.2. The van der Waals surface area contributed by atoms with Crippen molar-refractivity contribution in [1.82, 2.24) is 25.9 Å². The number of carbonyl (C=O) groups excluding carboxylic acids is 3. The highest BCUT2D eigenvalue weighted by atomic mass is 32.1. The molecule has 1 rings (SSSR count). The van der Waals surface area contributed by atoms with E-state index < -0.39 is 60.2 Å². The van der Waals surface area contributed by atoms with Crippen LogP contribution in [0.4, 0.5) is 0 Å². The van der Waals surface area contributed by atoms with Gasteiger partial charge in [0, 0.05) is 24.1 Å². The summed E-state index contributed by atoms with van der Waals surface area (Å²) in [5.41, 5.74) is 6.43. The Kier molecular flexibility index (Phi) is 11.4. The fourth-order valence-electron chi connectivity index (χ4n) is 2.72. The number of carboxylic acid groups (broad SMARTS) is 2. The predicted octanol–water partition coefficient (Wildman–Crippen LogP) is -1.73. The molecule has 5 atom stereocenters. The molecule has 1 aromatic heterocycles. The lowest BCUT2D eigenvalue weighted by Gasteiger charge is -2.25. The van der Waals surface area contributed by atoms with E-state index in [-0.39, 0.29) is 18.1 Å². The molecule has 3 amide bonds. The molecule has 0 aliphatic heterocycles. The molecule has 33 heavy (non-hydrogen) atoms. The summed E-state index contributed by atoms with van der Waals surface area (Å²) < 4.78 is 0. The van der Waals surface area contributed by atoms with Crippen molar-refractivity contribution in [2.75, 3.05) is 5.75 Å². The van der Waals surface area contributed by atoms with E-state index in [4.69, 9.17) is 15.9 Å². The number of imidazole rings is 1.